The molecule has 170 valence electrons. The molecule has 0 unspecified atom stereocenters. The Balaban J connectivity index is 1.42. The van der Waals surface area contributed by atoms with E-state index in [-0.39, 0.29) is 18.8 Å². The van der Waals surface area contributed by atoms with E-state index in [2.05, 4.69) is 29.7 Å². The maximum Gasteiger partial charge on any atom is 0.345 e. The smallest absolute Gasteiger partial charge is 0.345 e. The Bertz CT molecular complexity index is 831. The van der Waals surface area contributed by atoms with Gasteiger partial charge in [-0.3, -0.25) is 9.88 Å². The molecule has 3 N–H and O–H groups in total. The maximum atomic E-state index is 12.5. The number of piperidine rings is 1. The molecule has 2 aromatic rings. The van der Waals surface area contributed by atoms with E-state index in [0.717, 1.165) is 32.4 Å². The number of hydrogen-bond acceptors (Lipinski definition) is 7. The van der Waals surface area contributed by atoms with Crippen LogP contribution in [-0.4, -0.2) is 77.7 Å². The topological polar surface area (TPSA) is 92.5 Å². The van der Waals surface area contributed by atoms with Gasteiger partial charge in [0.25, 0.3) is 0 Å². The molecule has 0 aliphatic carbocycles. The highest BCUT2D eigenvalue weighted by Crippen LogP contribution is 2.27. The van der Waals surface area contributed by atoms with E-state index in [1.807, 2.05) is 24.3 Å². The average molecular weight is 457 g/mol. The van der Waals surface area contributed by atoms with Gasteiger partial charge in [0.15, 0.2) is 0 Å². The summed E-state index contributed by atoms with van der Waals surface area (Å²) in [6.07, 6.45) is 2.27. The van der Waals surface area contributed by atoms with Crippen molar-refractivity contribution in [3.63, 3.8) is 0 Å². The summed E-state index contributed by atoms with van der Waals surface area (Å²) in [4.78, 5) is 7.51. The van der Waals surface area contributed by atoms with Crippen LogP contribution in [0.1, 0.15) is 18.4 Å². The van der Waals surface area contributed by atoms with Crippen molar-refractivity contribution in [3.05, 3.63) is 34.9 Å². The van der Waals surface area contributed by atoms with Crippen LogP contribution in [0, 0.1) is 0 Å². The number of nitrogen functional groups attached to an aromatic ring is 1. The van der Waals surface area contributed by atoms with Gasteiger partial charge in [-0.1, -0.05) is 23.7 Å². The van der Waals surface area contributed by atoms with E-state index in [1.165, 1.54) is 5.56 Å². The molecule has 2 saturated heterocycles. The first kappa shape index (κ1) is 22.2. The van der Waals surface area contributed by atoms with Gasteiger partial charge in [-0.25, -0.2) is 0 Å². The van der Waals surface area contributed by atoms with Crippen LogP contribution >= 0.6 is 11.6 Å². The lowest BCUT2D eigenvalue weighted by molar-refractivity contribution is -0.174. The third-order valence-electron chi connectivity index (χ3n) is 5.93. The van der Waals surface area contributed by atoms with Gasteiger partial charge in [-0.05, 0) is 37.0 Å². The number of anilines is 2. The molecule has 1 aromatic heterocycles. The predicted octanol–water partition coefficient (Wildman–Crippen LogP) is 2.56. The Morgan fingerprint density at radius 2 is 1.97 bits per heavy atom. The molecule has 0 saturated carbocycles. The number of aromatic nitrogens is 3. The van der Waals surface area contributed by atoms with E-state index < -0.39 is 6.61 Å². The zero-order chi connectivity index (χ0) is 21.8. The SMILES string of the molecule is Nc1nnc(N2CCC(N3C[C@H](COC(F)F)OC[C@@H]3Cc3ccc(Cl)cc3)CC2)[nH]1. The minimum Gasteiger partial charge on any atom is -0.373 e. The second-order valence-electron chi connectivity index (χ2n) is 7.98. The molecular weight excluding hydrogens is 430 g/mol. The Hall–Kier alpha value is -2.01. The lowest BCUT2D eigenvalue weighted by Gasteiger charge is -2.46. The molecule has 1 aromatic carbocycles. The van der Waals surface area contributed by atoms with Gasteiger partial charge in [-0.15, -0.1) is 10.2 Å². The number of nitrogens with zero attached hydrogens (tertiary/aromatic N) is 4. The number of hydrogen-bond donors (Lipinski definition) is 2. The summed E-state index contributed by atoms with van der Waals surface area (Å²) < 4.78 is 35.4. The highest BCUT2D eigenvalue weighted by molar-refractivity contribution is 6.30. The molecule has 2 aliphatic heterocycles. The third kappa shape index (κ3) is 5.82. The van der Waals surface area contributed by atoms with Crippen LogP contribution in [-0.2, 0) is 15.9 Å². The van der Waals surface area contributed by atoms with Crippen molar-refractivity contribution in [2.24, 2.45) is 0 Å². The van der Waals surface area contributed by atoms with Gasteiger partial charge in [0.1, 0.15) is 0 Å². The molecule has 0 spiro atoms. The molecule has 2 fully saturated rings. The van der Waals surface area contributed by atoms with Crippen LogP contribution in [0.4, 0.5) is 20.7 Å². The molecule has 3 heterocycles. The zero-order valence-corrected chi connectivity index (χ0v) is 17.8. The normalized spacial score (nSPS) is 23.5. The third-order valence-corrected chi connectivity index (χ3v) is 6.18. The van der Waals surface area contributed by atoms with Crippen molar-refractivity contribution < 1.29 is 18.3 Å². The number of H-pyrrole nitrogens is 1. The highest BCUT2D eigenvalue weighted by Gasteiger charge is 2.36. The van der Waals surface area contributed by atoms with Crippen molar-refractivity contribution in [2.45, 2.75) is 44.1 Å². The van der Waals surface area contributed by atoms with Gasteiger partial charge >= 0.3 is 6.61 Å². The zero-order valence-electron chi connectivity index (χ0n) is 17.1. The van der Waals surface area contributed by atoms with Crippen LogP contribution in [0.3, 0.4) is 0 Å². The van der Waals surface area contributed by atoms with Crippen molar-refractivity contribution in [1.82, 2.24) is 20.1 Å². The summed E-state index contributed by atoms with van der Waals surface area (Å²) in [6.45, 7) is -0.256. The molecular formula is C20H27ClF2N6O2. The molecule has 2 atom stereocenters. The number of aromatic amines is 1. The molecule has 2 aliphatic rings. The van der Waals surface area contributed by atoms with E-state index >= 15 is 0 Å². The van der Waals surface area contributed by atoms with Crippen molar-refractivity contribution in [2.75, 3.05) is 43.5 Å². The summed E-state index contributed by atoms with van der Waals surface area (Å²) in [5.74, 6) is 0.981. The van der Waals surface area contributed by atoms with E-state index in [9.17, 15) is 8.78 Å². The molecule has 0 bridgehead atoms. The summed E-state index contributed by atoms with van der Waals surface area (Å²) in [7, 11) is 0. The fourth-order valence-corrected chi connectivity index (χ4v) is 4.52. The summed E-state index contributed by atoms with van der Waals surface area (Å²) in [5.41, 5.74) is 6.81. The molecule has 4 rings (SSSR count). The molecule has 31 heavy (non-hydrogen) atoms. The van der Waals surface area contributed by atoms with Crippen LogP contribution in [0.5, 0.6) is 0 Å². The molecule has 0 amide bonds. The van der Waals surface area contributed by atoms with Crippen LogP contribution in [0.25, 0.3) is 0 Å². The van der Waals surface area contributed by atoms with Crippen molar-refractivity contribution in [1.29, 1.82) is 0 Å². The lowest BCUT2D eigenvalue weighted by Crippen LogP contribution is -2.58. The number of nitrogens with two attached hydrogens (primary N) is 1. The maximum absolute atomic E-state index is 12.5. The first-order valence-corrected chi connectivity index (χ1v) is 10.8. The van der Waals surface area contributed by atoms with Gasteiger partial charge < -0.3 is 20.1 Å². The largest absolute Gasteiger partial charge is 0.373 e. The van der Waals surface area contributed by atoms with Gasteiger partial charge in [0.2, 0.25) is 11.9 Å². The fourth-order valence-electron chi connectivity index (χ4n) is 4.39. The first-order valence-electron chi connectivity index (χ1n) is 10.4. The summed E-state index contributed by atoms with van der Waals surface area (Å²) in [6, 6.07) is 8.26. The van der Waals surface area contributed by atoms with Gasteiger partial charge in [-0.2, -0.15) is 8.78 Å². The number of ether oxygens (including phenoxy) is 2. The fraction of sp³-hybridized carbons (Fsp3) is 0.600. The minimum absolute atomic E-state index is 0.113. The summed E-state index contributed by atoms with van der Waals surface area (Å²) >= 11 is 6.02. The van der Waals surface area contributed by atoms with E-state index in [0.29, 0.717) is 36.1 Å². The second-order valence-corrected chi connectivity index (χ2v) is 8.42. The molecule has 0 radical (unpaired) electrons. The van der Waals surface area contributed by atoms with Gasteiger partial charge in [0, 0.05) is 36.7 Å². The van der Waals surface area contributed by atoms with E-state index in [1.54, 1.807) is 0 Å². The number of benzene rings is 1. The lowest BCUT2D eigenvalue weighted by atomic mass is 9.96. The highest BCUT2D eigenvalue weighted by atomic mass is 35.5. The Morgan fingerprint density at radius 1 is 1.23 bits per heavy atom. The summed E-state index contributed by atoms with van der Waals surface area (Å²) in [5, 5.41) is 8.60. The van der Waals surface area contributed by atoms with Crippen LogP contribution < -0.4 is 10.6 Å². The number of halogens is 3. The predicted molar refractivity (Wildman–Crippen MR) is 113 cm³/mol. The van der Waals surface area contributed by atoms with Crippen molar-refractivity contribution >= 4 is 23.5 Å². The van der Waals surface area contributed by atoms with Crippen molar-refractivity contribution in [3.8, 4) is 0 Å². The standard InChI is InChI=1S/C20H27ClF2N6O2/c21-14-3-1-13(2-4-14)9-16-11-30-17(12-31-18(22)23)10-29(16)15-5-7-28(8-6-15)20-25-19(24)26-27-20/h1-4,15-18H,5-12H2,(H3,24,25,26,27)/t16-,17+/m0/s1. The van der Waals surface area contributed by atoms with Crippen LogP contribution in [0.2, 0.25) is 5.02 Å². The van der Waals surface area contributed by atoms with Crippen LogP contribution in [0.15, 0.2) is 24.3 Å². The quantitative estimate of drug-likeness (QED) is 0.661. The Kier molecular flexibility index (Phi) is 7.21. The Morgan fingerprint density at radius 3 is 2.61 bits per heavy atom. The monoisotopic (exact) mass is 456 g/mol. The average Bonchev–Trinajstić information content (AvgIpc) is 3.21. The number of alkyl halides is 2. The van der Waals surface area contributed by atoms with Gasteiger partial charge in [0.05, 0.1) is 19.3 Å². The first-order chi connectivity index (χ1) is 15.0. The second kappa shape index (κ2) is 10.1. The number of morpholine rings is 1. The number of nitrogens with one attached hydrogen (secondary N) is 1. The number of rotatable bonds is 7. The van der Waals surface area contributed by atoms with E-state index in [4.69, 9.17) is 22.1 Å². The minimum atomic E-state index is -2.79. The molecule has 8 nitrogen and oxygen atoms in total. The molecule has 11 heteroatoms. The Labute approximate surface area is 184 Å².